The van der Waals surface area contributed by atoms with Crippen LogP contribution in [0.1, 0.15) is 162 Å². The number of hydrogen-bond donors (Lipinski definition) is 7. The van der Waals surface area contributed by atoms with E-state index in [0.29, 0.717) is 49.8 Å². The highest BCUT2D eigenvalue weighted by molar-refractivity contribution is 5.95. The van der Waals surface area contributed by atoms with E-state index >= 15 is 0 Å². The first kappa shape index (κ1) is 66.4. The zero-order valence-corrected chi connectivity index (χ0v) is 43.1. The average Bonchev–Trinajstić information content (AvgIpc) is 3.99. The number of carboxylic acid groups (broad SMARTS) is 3. The van der Waals surface area contributed by atoms with Crippen LogP contribution >= 0.6 is 0 Å². The van der Waals surface area contributed by atoms with Gasteiger partial charge < -0.3 is 51.7 Å². The molecule has 0 bridgehead atoms. The number of alkyl halides is 9. The highest BCUT2D eigenvalue weighted by Crippen LogP contribution is 2.36. The van der Waals surface area contributed by atoms with Crippen LogP contribution in [0.15, 0.2) is 21.3 Å². The van der Waals surface area contributed by atoms with Crippen molar-refractivity contribution in [2.24, 2.45) is 33.1 Å². The largest absolute Gasteiger partial charge is 0.542 e. The molecule has 0 aromatic carbocycles. The number of unbranched alkanes of at least 4 members (excludes halogenated alkanes) is 13. The van der Waals surface area contributed by atoms with Crippen LogP contribution in [-0.2, 0) is 33.4 Å². The Morgan fingerprint density at radius 1 is 0.763 bits per heavy atom. The lowest BCUT2D eigenvalue weighted by Crippen LogP contribution is -2.66. The smallest absolute Gasteiger partial charge is 0.490 e. The number of aliphatic imine (C=N–C) groups is 2. The lowest BCUT2D eigenvalue weighted by molar-refractivity contribution is -0.598. The van der Waals surface area contributed by atoms with Gasteiger partial charge in [0.2, 0.25) is 0 Å². The number of fused-ring (bicyclic) bond motifs is 1. The molecule has 0 radical (unpaired) electrons. The maximum Gasteiger partial charge on any atom is 0.490 e. The van der Waals surface area contributed by atoms with Crippen LogP contribution in [0.25, 0.3) is 0 Å². The van der Waals surface area contributed by atoms with Crippen molar-refractivity contribution in [3.63, 3.8) is 0 Å². The molecule has 19 nitrogen and oxygen atoms in total. The lowest BCUT2D eigenvalue weighted by Gasteiger charge is -2.38. The Labute approximate surface area is 436 Å². The summed E-state index contributed by atoms with van der Waals surface area (Å²) in [5.41, 5.74) is 18.8. The summed E-state index contributed by atoms with van der Waals surface area (Å²) in [5, 5.41) is 30.5. The second kappa shape index (κ2) is 32.8. The number of hydrogen-bond acceptors (Lipinski definition) is 14. The number of esters is 2. The Kier molecular flexibility index (Phi) is 28.6. The molecule has 0 aromatic rings. The summed E-state index contributed by atoms with van der Waals surface area (Å²) in [7, 11) is 0. The molecule has 0 spiro atoms. The fraction of sp³-hybridized carbons (Fsp3) is 0.792. The standard InChI is InChI=1S/C42H73N9O4.3C2HF3O2/c1-3-4-5-6-8-11-14-20-31-29-32-23-24-35-36(30(2)47-42(48-31)51(32)35)38(52)54-27-17-13-10-7-9-12-15-21-33-37(34-22-19-26-50(34)41(45)49-33)39(53)55-28-18-16-25-46-40(43)44;3*3-2(4,5)1(6)7/h30-33,35-36H,3-29H2,1-2H3,(H7,43,44,45,46,47,48,49);3*(H,6,7)/t30-,31-,32+,33-,35+,36-;;;/m1.../s1. The highest BCUT2D eigenvalue weighted by Gasteiger charge is 2.53. The number of allylic oxidation sites excluding steroid dienone is 1. The number of nitrogens with zero attached hydrogens (tertiary/aromatic N) is 4. The van der Waals surface area contributed by atoms with E-state index in [2.05, 4.69) is 34.0 Å². The number of halogens is 9. The average molecular weight is 1110 g/mol. The van der Waals surface area contributed by atoms with Crippen molar-refractivity contribution in [1.82, 2.24) is 15.5 Å². The predicted molar refractivity (Wildman–Crippen MR) is 258 cm³/mol. The minimum Gasteiger partial charge on any atom is -0.542 e. The molecule has 0 saturated carbocycles. The Hall–Kier alpha value is -5.73. The van der Waals surface area contributed by atoms with Gasteiger partial charge in [0.15, 0.2) is 11.9 Å². The topological polar surface area (TPSA) is 300 Å². The number of guanidine groups is 3. The molecule has 0 amide bonds. The van der Waals surface area contributed by atoms with E-state index in [-0.39, 0.29) is 41.9 Å². The van der Waals surface area contributed by atoms with Gasteiger partial charge in [-0.1, -0.05) is 90.4 Å². The Bertz CT molecular complexity index is 1940. The summed E-state index contributed by atoms with van der Waals surface area (Å²) >= 11 is 0. The first-order chi connectivity index (χ1) is 35.6. The Balaban J connectivity index is 0.000000788. The first-order valence-electron chi connectivity index (χ1n) is 25.9. The van der Waals surface area contributed by atoms with Gasteiger partial charge in [0.1, 0.15) is 11.9 Å². The molecule has 0 unspecified atom stereocenters. The van der Waals surface area contributed by atoms with Crippen molar-refractivity contribution >= 4 is 47.7 Å². The highest BCUT2D eigenvalue weighted by atomic mass is 19.4. The number of carbonyl (C=O) groups excluding carboxylic acids is 3. The molecule has 0 aliphatic carbocycles. The predicted octanol–water partition coefficient (Wildman–Crippen LogP) is 5.87. The third-order valence-corrected chi connectivity index (χ3v) is 13.2. The fourth-order valence-electron chi connectivity index (χ4n) is 9.57. The van der Waals surface area contributed by atoms with Gasteiger partial charge in [-0.25, -0.2) is 19.4 Å². The van der Waals surface area contributed by atoms with E-state index in [1.165, 1.54) is 57.8 Å². The summed E-state index contributed by atoms with van der Waals surface area (Å²) in [4.78, 5) is 63.9. The van der Waals surface area contributed by atoms with Gasteiger partial charge in [0, 0.05) is 25.2 Å². The van der Waals surface area contributed by atoms with Crippen LogP contribution in [0.3, 0.4) is 0 Å². The zero-order chi connectivity index (χ0) is 57.2. The van der Waals surface area contributed by atoms with E-state index in [4.69, 9.17) is 61.4 Å². The second-order valence-electron chi connectivity index (χ2n) is 19.1. The SMILES string of the molecule is CCCCCCCCC[C@@H]1C[C@@H]2CC[C@H]3[C@H](C(=O)OCCCCCCCCC[C@H]4N=C(N)N5CCCC5=C4C(=O)OCCCCN=C(N)N)[C@@H](C)NC(=[N+]23)N1.O=C(O)C(F)(F)F.O=C(O)C(F)(F)F.O=C([O-])C(F)(F)F. The van der Waals surface area contributed by atoms with Crippen molar-refractivity contribution in [3.05, 3.63) is 11.3 Å². The van der Waals surface area contributed by atoms with E-state index in [9.17, 15) is 49.1 Å². The first-order valence-corrected chi connectivity index (χ1v) is 25.9. The molecule has 6 atom stereocenters. The molecular formula is C48H76F9N9O10. The molecule has 2 saturated heterocycles. The molecular weight excluding hydrogens is 1030 g/mol. The third kappa shape index (κ3) is 23.7. The number of carboxylic acids is 3. The minimum absolute atomic E-state index is 0.0392. The third-order valence-electron chi connectivity index (χ3n) is 13.2. The van der Waals surface area contributed by atoms with E-state index < -0.39 is 36.4 Å². The van der Waals surface area contributed by atoms with Crippen LogP contribution in [0, 0.1) is 5.92 Å². The van der Waals surface area contributed by atoms with Crippen LogP contribution in [0.5, 0.6) is 0 Å². The summed E-state index contributed by atoms with van der Waals surface area (Å²) in [6.45, 7) is 6.56. The molecule has 0 aromatic heterocycles. The Morgan fingerprint density at radius 3 is 1.82 bits per heavy atom. The molecule has 5 rings (SSSR count). The van der Waals surface area contributed by atoms with Crippen LogP contribution < -0.4 is 32.9 Å². The van der Waals surface area contributed by atoms with Crippen molar-refractivity contribution in [3.8, 4) is 0 Å². The number of carbonyl (C=O) groups is 5. The van der Waals surface area contributed by atoms with Gasteiger partial charge in [-0.05, 0) is 64.7 Å². The molecule has 436 valence electrons. The van der Waals surface area contributed by atoms with Crippen LogP contribution in [0.4, 0.5) is 39.5 Å². The number of nitrogens with one attached hydrogen (secondary N) is 2. The molecule has 5 aliphatic heterocycles. The monoisotopic (exact) mass is 1110 g/mol. The number of nitrogens with two attached hydrogens (primary N) is 3. The molecule has 28 heteroatoms. The summed E-state index contributed by atoms with van der Waals surface area (Å²) in [5.74, 6) is -7.22. The maximum atomic E-state index is 13.4. The van der Waals surface area contributed by atoms with Crippen molar-refractivity contribution < 1.29 is 92.9 Å². The maximum absolute atomic E-state index is 13.4. The lowest BCUT2D eigenvalue weighted by atomic mass is 9.89. The van der Waals surface area contributed by atoms with E-state index in [1.807, 2.05) is 4.90 Å². The van der Waals surface area contributed by atoms with Gasteiger partial charge >= 0.3 is 48.4 Å². The Morgan fingerprint density at radius 2 is 1.28 bits per heavy atom. The van der Waals surface area contributed by atoms with Crippen LogP contribution in [-0.4, -0.2) is 142 Å². The van der Waals surface area contributed by atoms with Gasteiger partial charge in [0.05, 0.1) is 49.0 Å². The van der Waals surface area contributed by atoms with Crippen LogP contribution in [0.2, 0.25) is 0 Å². The summed E-state index contributed by atoms with van der Waals surface area (Å²) in [6.07, 6.45) is 10.1. The molecule has 5 heterocycles. The quantitative estimate of drug-likeness (QED) is 0.0140. The number of aliphatic carboxylic acids is 3. The van der Waals surface area contributed by atoms with E-state index in [1.54, 1.807) is 0 Å². The zero-order valence-electron chi connectivity index (χ0n) is 43.1. The van der Waals surface area contributed by atoms with Gasteiger partial charge in [0.25, 0.3) is 0 Å². The summed E-state index contributed by atoms with van der Waals surface area (Å²) in [6, 6.07) is 1.10. The number of ether oxygens (including phenoxy) is 2. The molecule has 76 heavy (non-hydrogen) atoms. The van der Waals surface area contributed by atoms with E-state index in [0.717, 1.165) is 102 Å². The van der Waals surface area contributed by atoms with Crippen molar-refractivity contribution in [1.29, 1.82) is 0 Å². The minimum atomic E-state index is -5.19. The van der Waals surface area contributed by atoms with Crippen molar-refractivity contribution in [2.45, 2.75) is 210 Å². The van der Waals surface area contributed by atoms with Gasteiger partial charge in [-0.15, -0.1) is 0 Å². The number of rotatable bonds is 25. The molecule has 5 aliphatic rings. The summed E-state index contributed by atoms with van der Waals surface area (Å²) < 4.78 is 109. The normalized spacial score (nSPS) is 21.6. The van der Waals surface area contributed by atoms with Crippen molar-refractivity contribution in [2.75, 3.05) is 26.3 Å². The molecule has 2 fully saturated rings. The fourth-order valence-corrected chi connectivity index (χ4v) is 9.57. The van der Waals surface area contributed by atoms with Gasteiger partial charge in [-0.2, -0.15) is 39.5 Å². The van der Waals surface area contributed by atoms with Gasteiger partial charge in [-0.3, -0.25) is 25.0 Å². The second-order valence-corrected chi connectivity index (χ2v) is 19.1. The molecule has 10 N–H and O–H groups in total.